The highest BCUT2D eigenvalue weighted by Gasteiger charge is 2.11. The monoisotopic (exact) mass is 267 g/mol. The Bertz CT molecular complexity index is 690. The SMILES string of the molecule is CNC(C)Cn1c(=O)[nH]c2c(Cl)cccc2c1=O. The Balaban J connectivity index is 2.70. The molecule has 0 bridgehead atoms. The molecule has 6 heteroatoms. The van der Waals surface area contributed by atoms with Crippen molar-refractivity contribution < 1.29 is 0 Å². The van der Waals surface area contributed by atoms with Gasteiger partial charge in [-0.1, -0.05) is 17.7 Å². The molecule has 0 amide bonds. The van der Waals surface area contributed by atoms with Gasteiger partial charge < -0.3 is 10.3 Å². The minimum atomic E-state index is -0.442. The van der Waals surface area contributed by atoms with Gasteiger partial charge in [0.15, 0.2) is 0 Å². The van der Waals surface area contributed by atoms with E-state index in [1.54, 1.807) is 25.2 Å². The van der Waals surface area contributed by atoms with Crippen LogP contribution in [0.4, 0.5) is 0 Å². The van der Waals surface area contributed by atoms with Gasteiger partial charge in [0.25, 0.3) is 5.56 Å². The van der Waals surface area contributed by atoms with Gasteiger partial charge in [0.05, 0.1) is 15.9 Å². The van der Waals surface area contributed by atoms with Gasteiger partial charge in [-0.25, -0.2) is 4.79 Å². The van der Waals surface area contributed by atoms with Gasteiger partial charge in [-0.2, -0.15) is 0 Å². The van der Waals surface area contributed by atoms with Crippen molar-refractivity contribution in [1.82, 2.24) is 14.9 Å². The van der Waals surface area contributed by atoms with Crippen molar-refractivity contribution in [2.24, 2.45) is 0 Å². The fourth-order valence-corrected chi connectivity index (χ4v) is 1.99. The van der Waals surface area contributed by atoms with Crippen LogP contribution in [-0.4, -0.2) is 22.6 Å². The number of benzene rings is 1. The molecule has 96 valence electrons. The van der Waals surface area contributed by atoms with Crippen molar-refractivity contribution in [3.8, 4) is 0 Å². The summed E-state index contributed by atoms with van der Waals surface area (Å²) in [6, 6.07) is 5.01. The lowest BCUT2D eigenvalue weighted by Gasteiger charge is -2.12. The van der Waals surface area contributed by atoms with Crippen LogP contribution in [0.2, 0.25) is 5.02 Å². The van der Waals surface area contributed by atoms with Crippen molar-refractivity contribution >= 4 is 22.5 Å². The van der Waals surface area contributed by atoms with Gasteiger partial charge in [0.2, 0.25) is 0 Å². The van der Waals surface area contributed by atoms with Crippen molar-refractivity contribution in [2.45, 2.75) is 19.5 Å². The number of rotatable bonds is 3. The highest BCUT2D eigenvalue weighted by Crippen LogP contribution is 2.16. The zero-order valence-corrected chi connectivity index (χ0v) is 10.9. The number of H-pyrrole nitrogens is 1. The summed E-state index contributed by atoms with van der Waals surface area (Å²) in [4.78, 5) is 26.7. The molecule has 1 aromatic heterocycles. The maximum Gasteiger partial charge on any atom is 0.328 e. The number of nitrogens with zero attached hydrogens (tertiary/aromatic N) is 1. The number of aromatic amines is 1. The quantitative estimate of drug-likeness (QED) is 0.870. The fraction of sp³-hybridized carbons (Fsp3) is 0.333. The molecule has 0 aliphatic carbocycles. The topological polar surface area (TPSA) is 66.9 Å². The summed E-state index contributed by atoms with van der Waals surface area (Å²) in [7, 11) is 1.78. The smallest absolute Gasteiger partial charge is 0.315 e. The molecule has 5 nitrogen and oxygen atoms in total. The van der Waals surface area contributed by atoms with E-state index in [2.05, 4.69) is 10.3 Å². The molecule has 0 aliphatic rings. The number of hydrogen-bond donors (Lipinski definition) is 2. The van der Waals surface area contributed by atoms with Crippen LogP contribution in [0.3, 0.4) is 0 Å². The predicted molar refractivity (Wildman–Crippen MR) is 72.4 cm³/mol. The van der Waals surface area contributed by atoms with E-state index in [4.69, 9.17) is 11.6 Å². The standard InChI is InChI=1S/C12H14ClN3O2/c1-7(14-2)6-16-11(17)8-4-3-5-9(13)10(8)15-12(16)18/h3-5,7,14H,6H2,1-2H3,(H,15,18). The number of para-hydroxylation sites is 1. The zero-order valence-electron chi connectivity index (χ0n) is 10.2. The van der Waals surface area contributed by atoms with E-state index >= 15 is 0 Å². The maximum atomic E-state index is 12.2. The number of likely N-dealkylation sites (N-methyl/N-ethyl adjacent to an activating group) is 1. The van der Waals surface area contributed by atoms with Gasteiger partial charge >= 0.3 is 5.69 Å². The number of nitrogens with one attached hydrogen (secondary N) is 2. The van der Waals surface area contributed by atoms with Gasteiger partial charge in [-0.15, -0.1) is 0 Å². The van der Waals surface area contributed by atoms with Gasteiger partial charge in [0.1, 0.15) is 0 Å². The van der Waals surface area contributed by atoms with E-state index in [1.807, 2.05) is 6.92 Å². The van der Waals surface area contributed by atoms with Crippen LogP contribution in [0.1, 0.15) is 6.92 Å². The van der Waals surface area contributed by atoms with Crippen LogP contribution in [0.25, 0.3) is 10.9 Å². The Kier molecular flexibility index (Phi) is 3.54. The van der Waals surface area contributed by atoms with E-state index in [1.165, 1.54) is 4.57 Å². The van der Waals surface area contributed by atoms with E-state index in [0.29, 0.717) is 22.5 Å². The number of halogens is 1. The van der Waals surface area contributed by atoms with Crippen LogP contribution in [-0.2, 0) is 6.54 Å². The fourth-order valence-electron chi connectivity index (χ4n) is 1.77. The van der Waals surface area contributed by atoms with Crippen molar-refractivity contribution in [1.29, 1.82) is 0 Å². The molecule has 1 atom stereocenters. The average molecular weight is 268 g/mol. The summed E-state index contributed by atoms with van der Waals surface area (Å²) in [6.07, 6.45) is 0. The Morgan fingerprint density at radius 2 is 2.17 bits per heavy atom. The molecule has 0 fully saturated rings. The van der Waals surface area contributed by atoms with Crippen molar-refractivity contribution in [2.75, 3.05) is 7.05 Å². The minimum Gasteiger partial charge on any atom is -0.315 e. The van der Waals surface area contributed by atoms with E-state index < -0.39 is 5.69 Å². The van der Waals surface area contributed by atoms with Gasteiger partial charge in [0, 0.05) is 12.6 Å². The zero-order chi connectivity index (χ0) is 13.3. The third-order valence-electron chi connectivity index (χ3n) is 2.92. The van der Waals surface area contributed by atoms with Crippen molar-refractivity contribution in [3.05, 3.63) is 44.1 Å². The third kappa shape index (κ3) is 2.19. The largest absolute Gasteiger partial charge is 0.328 e. The predicted octanol–water partition coefficient (Wildman–Crippen LogP) is 0.951. The molecular weight excluding hydrogens is 254 g/mol. The summed E-state index contributed by atoms with van der Waals surface area (Å²) in [5.41, 5.74) is -0.372. The Hall–Kier alpha value is -1.59. The molecule has 0 saturated carbocycles. The molecule has 0 spiro atoms. The van der Waals surface area contributed by atoms with Crippen molar-refractivity contribution in [3.63, 3.8) is 0 Å². The van der Waals surface area contributed by atoms with Gasteiger partial charge in [-0.3, -0.25) is 9.36 Å². The van der Waals surface area contributed by atoms with Crippen LogP contribution in [0.5, 0.6) is 0 Å². The normalized spacial score (nSPS) is 12.8. The van der Waals surface area contributed by atoms with E-state index in [9.17, 15) is 9.59 Å². The second-order valence-corrected chi connectivity index (χ2v) is 4.61. The number of hydrogen-bond acceptors (Lipinski definition) is 3. The minimum absolute atomic E-state index is 0.0282. The Labute approximate surface area is 108 Å². The van der Waals surface area contributed by atoms with Crippen LogP contribution in [0.15, 0.2) is 27.8 Å². The molecule has 1 aromatic carbocycles. The third-order valence-corrected chi connectivity index (χ3v) is 3.23. The molecule has 1 unspecified atom stereocenters. The highest BCUT2D eigenvalue weighted by atomic mass is 35.5. The number of aromatic nitrogens is 2. The summed E-state index contributed by atoms with van der Waals surface area (Å²) >= 11 is 5.96. The summed E-state index contributed by atoms with van der Waals surface area (Å²) in [5, 5.41) is 3.78. The molecule has 0 saturated heterocycles. The first-order valence-electron chi connectivity index (χ1n) is 5.63. The lowest BCUT2D eigenvalue weighted by molar-refractivity contribution is 0.492. The molecule has 2 rings (SSSR count). The second kappa shape index (κ2) is 4.96. The lowest BCUT2D eigenvalue weighted by Crippen LogP contribution is -2.40. The first kappa shape index (κ1) is 12.9. The maximum absolute atomic E-state index is 12.2. The summed E-state index contributed by atoms with van der Waals surface area (Å²) < 4.78 is 1.18. The molecule has 0 aliphatic heterocycles. The van der Waals surface area contributed by atoms with Crippen LogP contribution >= 0.6 is 11.6 Å². The molecule has 2 N–H and O–H groups in total. The summed E-state index contributed by atoms with van der Waals surface area (Å²) in [6.45, 7) is 2.21. The van der Waals surface area contributed by atoms with Crippen LogP contribution in [0, 0.1) is 0 Å². The molecule has 18 heavy (non-hydrogen) atoms. The van der Waals surface area contributed by atoms with Gasteiger partial charge in [-0.05, 0) is 26.1 Å². The molecular formula is C12H14ClN3O2. The molecule has 1 heterocycles. The molecule has 2 aromatic rings. The molecule has 0 radical (unpaired) electrons. The van der Waals surface area contributed by atoms with E-state index in [-0.39, 0.29) is 11.6 Å². The lowest BCUT2D eigenvalue weighted by atomic mass is 10.2. The Morgan fingerprint density at radius 1 is 1.44 bits per heavy atom. The average Bonchev–Trinajstić information content (AvgIpc) is 2.35. The Morgan fingerprint density at radius 3 is 2.83 bits per heavy atom. The first-order valence-corrected chi connectivity index (χ1v) is 6.01. The van der Waals surface area contributed by atoms with Crippen LogP contribution < -0.4 is 16.6 Å². The first-order chi connectivity index (χ1) is 8.54. The second-order valence-electron chi connectivity index (χ2n) is 4.20. The number of fused-ring (bicyclic) bond motifs is 1. The van der Waals surface area contributed by atoms with E-state index in [0.717, 1.165) is 0 Å². The summed E-state index contributed by atoms with van der Waals surface area (Å²) in [5.74, 6) is 0. The highest BCUT2D eigenvalue weighted by molar-refractivity contribution is 6.34.